The highest BCUT2D eigenvalue weighted by Gasteiger charge is 2.33. The van der Waals surface area contributed by atoms with Gasteiger partial charge in [-0.15, -0.1) is 21.5 Å². The standard InChI is InChI=1S/C28H28ClFN6O2S/c29-21-12-10-20(11-13-21)26(28(38)31-23-5-2-1-3-6-23)35(17-19-8-14-22(30)15-9-19)25(37)18-36-33-27(32-34-36)24-7-4-16-39-24/h4,7-16,23,26H,1-3,5-6,17-18H2,(H,31,38). The lowest BCUT2D eigenvalue weighted by Gasteiger charge is -2.33. The lowest BCUT2D eigenvalue weighted by molar-refractivity contribution is -0.142. The first-order valence-corrected chi connectivity index (χ1v) is 14.1. The minimum absolute atomic E-state index is 0.0501. The Morgan fingerprint density at radius 1 is 1.08 bits per heavy atom. The second-order valence-corrected chi connectivity index (χ2v) is 11.0. The van der Waals surface area contributed by atoms with Gasteiger partial charge in [0.05, 0.1) is 4.88 Å². The van der Waals surface area contributed by atoms with E-state index in [-0.39, 0.29) is 36.8 Å². The Balaban J connectivity index is 1.47. The highest BCUT2D eigenvalue weighted by Crippen LogP contribution is 2.27. The van der Waals surface area contributed by atoms with E-state index in [9.17, 15) is 14.0 Å². The maximum absolute atomic E-state index is 13.9. The van der Waals surface area contributed by atoms with Crippen LogP contribution in [0, 0.1) is 5.82 Å². The number of carbonyl (C=O) groups excluding carboxylic acids is 2. The van der Waals surface area contributed by atoms with Crippen molar-refractivity contribution in [3.63, 3.8) is 0 Å². The number of hydrogen-bond acceptors (Lipinski definition) is 6. The minimum Gasteiger partial charge on any atom is -0.351 e. The molecule has 0 aliphatic heterocycles. The molecule has 0 bridgehead atoms. The predicted molar refractivity (Wildman–Crippen MR) is 147 cm³/mol. The highest BCUT2D eigenvalue weighted by molar-refractivity contribution is 7.13. The maximum Gasteiger partial charge on any atom is 0.247 e. The predicted octanol–water partition coefficient (Wildman–Crippen LogP) is 5.41. The maximum atomic E-state index is 13.9. The number of nitrogens with zero attached hydrogens (tertiary/aromatic N) is 5. The monoisotopic (exact) mass is 566 g/mol. The molecular formula is C28H28ClFN6O2S. The average molecular weight is 567 g/mol. The summed E-state index contributed by atoms with van der Waals surface area (Å²) in [5, 5.41) is 18.1. The van der Waals surface area contributed by atoms with Gasteiger partial charge in [0.25, 0.3) is 0 Å². The Bertz CT molecular complexity index is 1390. The third-order valence-corrected chi connectivity index (χ3v) is 7.87. The Morgan fingerprint density at radius 2 is 1.82 bits per heavy atom. The third-order valence-electron chi connectivity index (χ3n) is 6.75. The fourth-order valence-electron chi connectivity index (χ4n) is 4.78. The molecule has 1 aliphatic rings. The second kappa shape index (κ2) is 12.5. The van der Waals surface area contributed by atoms with Crippen LogP contribution in [0.25, 0.3) is 10.7 Å². The van der Waals surface area contributed by atoms with Gasteiger partial charge < -0.3 is 10.2 Å². The van der Waals surface area contributed by atoms with Crippen LogP contribution in [-0.2, 0) is 22.7 Å². The molecule has 2 aromatic heterocycles. The van der Waals surface area contributed by atoms with Crippen LogP contribution in [0.1, 0.15) is 49.3 Å². The fourth-order valence-corrected chi connectivity index (χ4v) is 5.56. The number of thiophene rings is 1. The fraction of sp³-hybridized carbons (Fsp3) is 0.321. The zero-order chi connectivity index (χ0) is 27.2. The smallest absolute Gasteiger partial charge is 0.247 e. The number of tetrazole rings is 1. The molecule has 1 atom stereocenters. The van der Waals surface area contributed by atoms with E-state index in [1.807, 2.05) is 17.5 Å². The second-order valence-electron chi connectivity index (χ2n) is 9.57. The number of halogens is 2. The zero-order valence-electron chi connectivity index (χ0n) is 21.2. The van der Waals surface area contributed by atoms with E-state index in [2.05, 4.69) is 20.7 Å². The van der Waals surface area contributed by atoms with Crippen molar-refractivity contribution in [1.82, 2.24) is 30.4 Å². The van der Waals surface area contributed by atoms with Crippen molar-refractivity contribution in [2.45, 2.75) is 57.3 Å². The van der Waals surface area contributed by atoms with Crippen LogP contribution >= 0.6 is 22.9 Å². The summed E-state index contributed by atoms with van der Waals surface area (Å²) >= 11 is 7.62. The van der Waals surface area contributed by atoms with E-state index in [0.29, 0.717) is 22.0 Å². The highest BCUT2D eigenvalue weighted by atomic mass is 35.5. The molecule has 2 heterocycles. The molecule has 0 radical (unpaired) electrons. The summed E-state index contributed by atoms with van der Waals surface area (Å²) in [6, 6.07) is 15.7. The quantitative estimate of drug-likeness (QED) is 0.292. The molecule has 8 nitrogen and oxygen atoms in total. The van der Waals surface area contributed by atoms with Gasteiger partial charge in [0, 0.05) is 17.6 Å². The molecule has 0 spiro atoms. The summed E-state index contributed by atoms with van der Waals surface area (Å²) in [7, 11) is 0. The van der Waals surface area contributed by atoms with Gasteiger partial charge in [-0.3, -0.25) is 9.59 Å². The van der Waals surface area contributed by atoms with Crippen LogP contribution in [0.5, 0.6) is 0 Å². The van der Waals surface area contributed by atoms with Crippen molar-refractivity contribution in [3.05, 3.63) is 88.0 Å². The lowest BCUT2D eigenvalue weighted by atomic mass is 9.94. The van der Waals surface area contributed by atoms with E-state index in [1.54, 1.807) is 36.4 Å². The summed E-state index contributed by atoms with van der Waals surface area (Å²) < 4.78 is 13.7. The molecule has 0 saturated heterocycles. The molecule has 2 aromatic carbocycles. The molecule has 11 heteroatoms. The van der Waals surface area contributed by atoms with E-state index in [0.717, 1.165) is 37.0 Å². The third kappa shape index (κ3) is 6.88. The largest absolute Gasteiger partial charge is 0.351 e. The number of carbonyl (C=O) groups is 2. The lowest BCUT2D eigenvalue weighted by Crippen LogP contribution is -2.47. The number of hydrogen-bond donors (Lipinski definition) is 1. The zero-order valence-corrected chi connectivity index (χ0v) is 22.7. The summed E-state index contributed by atoms with van der Waals surface area (Å²) in [5.74, 6) is -0.611. The van der Waals surface area contributed by atoms with E-state index >= 15 is 0 Å². The van der Waals surface area contributed by atoms with Crippen LogP contribution in [0.3, 0.4) is 0 Å². The van der Waals surface area contributed by atoms with Crippen LogP contribution in [-0.4, -0.2) is 43.0 Å². The van der Waals surface area contributed by atoms with Gasteiger partial charge in [-0.1, -0.05) is 61.2 Å². The summed E-state index contributed by atoms with van der Waals surface area (Å²) in [5.41, 5.74) is 1.30. The van der Waals surface area contributed by atoms with Crippen LogP contribution < -0.4 is 5.32 Å². The van der Waals surface area contributed by atoms with Crippen molar-refractivity contribution >= 4 is 34.8 Å². The molecule has 1 aliphatic carbocycles. The first-order valence-electron chi connectivity index (χ1n) is 12.9. The molecule has 1 unspecified atom stereocenters. The molecule has 2 amide bonds. The Morgan fingerprint density at radius 3 is 2.51 bits per heavy atom. The van der Waals surface area contributed by atoms with Gasteiger partial charge in [0.1, 0.15) is 18.4 Å². The van der Waals surface area contributed by atoms with E-state index in [4.69, 9.17) is 11.6 Å². The Labute approximate surface area is 234 Å². The minimum atomic E-state index is -0.943. The van der Waals surface area contributed by atoms with Gasteiger partial charge in [0.15, 0.2) is 0 Å². The molecular weight excluding hydrogens is 539 g/mol. The molecule has 1 fully saturated rings. The molecule has 4 aromatic rings. The average Bonchev–Trinajstić information content (AvgIpc) is 3.64. The summed E-state index contributed by atoms with van der Waals surface area (Å²) in [6.45, 7) is -0.142. The number of aromatic nitrogens is 4. The van der Waals surface area contributed by atoms with Gasteiger partial charge >= 0.3 is 0 Å². The van der Waals surface area contributed by atoms with Crippen molar-refractivity contribution in [2.24, 2.45) is 0 Å². The van der Waals surface area contributed by atoms with Crippen LogP contribution in [0.15, 0.2) is 66.0 Å². The van der Waals surface area contributed by atoms with Gasteiger partial charge in [-0.25, -0.2) is 4.39 Å². The van der Waals surface area contributed by atoms with Crippen LogP contribution in [0.2, 0.25) is 5.02 Å². The number of amides is 2. The van der Waals surface area contributed by atoms with Gasteiger partial charge in [0.2, 0.25) is 17.6 Å². The van der Waals surface area contributed by atoms with Crippen LogP contribution in [0.4, 0.5) is 4.39 Å². The first-order chi connectivity index (χ1) is 19.0. The van der Waals surface area contributed by atoms with E-state index in [1.165, 1.54) is 33.2 Å². The van der Waals surface area contributed by atoms with Crippen molar-refractivity contribution < 1.29 is 14.0 Å². The Hall–Kier alpha value is -3.63. The van der Waals surface area contributed by atoms with Crippen molar-refractivity contribution in [3.8, 4) is 10.7 Å². The number of nitrogens with one attached hydrogen (secondary N) is 1. The van der Waals surface area contributed by atoms with Crippen molar-refractivity contribution in [1.29, 1.82) is 0 Å². The number of benzene rings is 2. The van der Waals surface area contributed by atoms with Gasteiger partial charge in [-0.2, -0.15) is 4.80 Å². The van der Waals surface area contributed by atoms with Gasteiger partial charge in [-0.05, 0) is 64.9 Å². The molecule has 5 rings (SSSR count). The SMILES string of the molecule is O=C(NC1CCCCC1)C(c1ccc(Cl)cc1)N(Cc1ccc(F)cc1)C(=O)Cn1nnc(-c2cccs2)n1. The number of rotatable bonds is 9. The topological polar surface area (TPSA) is 93.0 Å². The molecule has 39 heavy (non-hydrogen) atoms. The molecule has 1 saturated carbocycles. The first kappa shape index (κ1) is 27.0. The van der Waals surface area contributed by atoms with E-state index < -0.39 is 6.04 Å². The Kier molecular flexibility index (Phi) is 8.63. The normalized spacial score (nSPS) is 14.6. The van der Waals surface area contributed by atoms with Crippen molar-refractivity contribution in [2.75, 3.05) is 0 Å². The summed E-state index contributed by atoms with van der Waals surface area (Å²) in [6.07, 6.45) is 5.07. The molecule has 1 N–H and O–H groups in total. The molecule has 202 valence electrons. The summed E-state index contributed by atoms with van der Waals surface area (Å²) in [4.78, 5) is 31.3.